The van der Waals surface area contributed by atoms with Gasteiger partial charge in [-0.05, 0) is 31.7 Å². The molecule has 0 bridgehead atoms. The van der Waals surface area contributed by atoms with E-state index in [1.54, 1.807) is 0 Å². The molecule has 1 aliphatic rings. The van der Waals surface area contributed by atoms with Gasteiger partial charge in [0, 0.05) is 19.2 Å². The van der Waals surface area contributed by atoms with E-state index in [4.69, 9.17) is 32.7 Å². The highest BCUT2D eigenvalue weighted by atomic mass is 35.5. The van der Waals surface area contributed by atoms with Gasteiger partial charge in [-0.1, -0.05) is 23.2 Å². The molecule has 1 aromatic heterocycles. The molecular weight excluding hydrogens is 301 g/mol. The van der Waals surface area contributed by atoms with Crippen molar-refractivity contribution in [2.75, 3.05) is 13.2 Å². The molecule has 2 heterocycles. The minimum atomic E-state index is -0.111. The lowest BCUT2D eigenvalue weighted by atomic mass is 10.1. The summed E-state index contributed by atoms with van der Waals surface area (Å²) in [6, 6.07) is 1.47. The predicted molar refractivity (Wildman–Crippen MR) is 77.4 cm³/mol. The number of rotatable bonds is 6. The lowest BCUT2D eigenvalue weighted by Crippen LogP contribution is -2.22. The van der Waals surface area contributed by atoms with Gasteiger partial charge in [-0.2, -0.15) is 0 Å². The van der Waals surface area contributed by atoms with Gasteiger partial charge in [-0.15, -0.1) is 0 Å². The van der Waals surface area contributed by atoms with Crippen molar-refractivity contribution in [1.29, 1.82) is 0 Å². The highest BCUT2D eigenvalue weighted by Crippen LogP contribution is 2.20. The quantitative estimate of drug-likeness (QED) is 0.453. The molecule has 20 heavy (non-hydrogen) atoms. The molecule has 0 aromatic carbocycles. The van der Waals surface area contributed by atoms with E-state index < -0.39 is 0 Å². The predicted octanol–water partition coefficient (Wildman–Crippen LogP) is 3.89. The second-order valence-electron chi connectivity index (χ2n) is 4.68. The standard InChI is InChI=1S/C14H17Cl2NO3/c15-11-8-13(16)17-9-10(11)12(18)4-3-7-20-14-5-1-2-6-19-14/h8-9,14H,1-7H2. The van der Waals surface area contributed by atoms with Gasteiger partial charge >= 0.3 is 0 Å². The maximum atomic E-state index is 12.0. The Morgan fingerprint density at radius 2 is 2.30 bits per heavy atom. The molecule has 0 radical (unpaired) electrons. The fourth-order valence-corrected chi connectivity index (χ4v) is 2.51. The van der Waals surface area contributed by atoms with E-state index in [0.29, 0.717) is 30.0 Å². The molecule has 0 aliphatic carbocycles. The van der Waals surface area contributed by atoms with Gasteiger partial charge in [-0.3, -0.25) is 4.79 Å². The van der Waals surface area contributed by atoms with E-state index in [-0.39, 0.29) is 17.2 Å². The van der Waals surface area contributed by atoms with E-state index in [0.717, 1.165) is 25.9 Å². The summed E-state index contributed by atoms with van der Waals surface area (Å²) in [5, 5.41) is 0.621. The van der Waals surface area contributed by atoms with Gasteiger partial charge in [0.05, 0.1) is 17.2 Å². The van der Waals surface area contributed by atoms with Crippen LogP contribution >= 0.6 is 23.2 Å². The summed E-state index contributed by atoms with van der Waals surface area (Å²) >= 11 is 11.7. The third-order valence-corrected chi connectivity index (χ3v) is 3.63. The fraction of sp³-hybridized carbons (Fsp3) is 0.571. The molecule has 0 saturated carbocycles. The van der Waals surface area contributed by atoms with Crippen LogP contribution in [0.4, 0.5) is 0 Å². The van der Waals surface area contributed by atoms with Crippen molar-refractivity contribution in [1.82, 2.24) is 4.98 Å². The molecular formula is C14H17Cl2NO3. The molecule has 1 unspecified atom stereocenters. The van der Waals surface area contributed by atoms with Crippen molar-refractivity contribution >= 4 is 29.0 Å². The zero-order valence-corrected chi connectivity index (χ0v) is 12.6. The van der Waals surface area contributed by atoms with Crippen LogP contribution in [0.15, 0.2) is 12.3 Å². The van der Waals surface area contributed by atoms with E-state index >= 15 is 0 Å². The SMILES string of the molecule is O=C(CCCOC1CCCCO1)c1cnc(Cl)cc1Cl. The second kappa shape index (κ2) is 7.93. The van der Waals surface area contributed by atoms with Crippen LogP contribution < -0.4 is 0 Å². The summed E-state index contributed by atoms with van der Waals surface area (Å²) in [5.41, 5.74) is 0.407. The van der Waals surface area contributed by atoms with E-state index in [1.165, 1.54) is 12.3 Å². The van der Waals surface area contributed by atoms with Crippen molar-refractivity contribution in [2.45, 2.75) is 38.4 Å². The maximum absolute atomic E-state index is 12.0. The first-order valence-electron chi connectivity index (χ1n) is 6.74. The number of halogens is 2. The smallest absolute Gasteiger partial charge is 0.166 e. The van der Waals surface area contributed by atoms with Crippen LogP contribution in [-0.4, -0.2) is 30.3 Å². The van der Waals surface area contributed by atoms with Gasteiger partial charge in [0.2, 0.25) is 0 Å². The number of carbonyl (C=O) groups is 1. The van der Waals surface area contributed by atoms with Crippen LogP contribution in [0, 0.1) is 0 Å². The fourth-order valence-electron chi connectivity index (χ4n) is 2.04. The van der Waals surface area contributed by atoms with Gasteiger partial charge < -0.3 is 9.47 Å². The molecule has 1 aliphatic heterocycles. The molecule has 0 spiro atoms. The molecule has 0 N–H and O–H groups in total. The molecule has 4 nitrogen and oxygen atoms in total. The Kier molecular flexibility index (Phi) is 6.23. The molecule has 110 valence electrons. The minimum Gasteiger partial charge on any atom is -0.353 e. The highest BCUT2D eigenvalue weighted by Gasteiger charge is 2.15. The number of ether oxygens (including phenoxy) is 2. The Labute approximate surface area is 128 Å². The second-order valence-corrected chi connectivity index (χ2v) is 5.47. The summed E-state index contributed by atoms with van der Waals surface area (Å²) < 4.78 is 11.0. The molecule has 1 saturated heterocycles. The number of pyridine rings is 1. The number of ketones is 1. The average molecular weight is 318 g/mol. The van der Waals surface area contributed by atoms with Crippen LogP contribution in [0.5, 0.6) is 0 Å². The van der Waals surface area contributed by atoms with Gasteiger partial charge in [-0.25, -0.2) is 4.98 Å². The Balaban J connectivity index is 1.72. The number of aromatic nitrogens is 1. The van der Waals surface area contributed by atoms with Crippen molar-refractivity contribution < 1.29 is 14.3 Å². The zero-order chi connectivity index (χ0) is 14.4. The van der Waals surface area contributed by atoms with Crippen LogP contribution in [0.25, 0.3) is 0 Å². The number of hydrogen-bond donors (Lipinski definition) is 0. The van der Waals surface area contributed by atoms with Crippen molar-refractivity contribution in [2.24, 2.45) is 0 Å². The Morgan fingerprint density at radius 3 is 3.00 bits per heavy atom. The minimum absolute atomic E-state index is 0.0488. The molecule has 1 atom stereocenters. The topological polar surface area (TPSA) is 48.4 Å². The van der Waals surface area contributed by atoms with Crippen LogP contribution in [0.1, 0.15) is 42.5 Å². The summed E-state index contributed by atoms with van der Waals surface area (Å²) in [7, 11) is 0. The van der Waals surface area contributed by atoms with E-state index in [9.17, 15) is 4.79 Å². The average Bonchev–Trinajstić information content (AvgIpc) is 2.44. The van der Waals surface area contributed by atoms with Gasteiger partial charge in [0.1, 0.15) is 5.15 Å². The van der Waals surface area contributed by atoms with Crippen molar-refractivity contribution in [3.8, 4) is 0 Å². The maximum Gasteiger partial charge on any atom is 0.166 e. The van der Waals surface area contributed by atoms with Crippen LogP contribution in [0.3, 0.4) is 0 Å². The normalized spacial score (nSPS) is 19.0. The Hall–Kier alpha value is -0.680. The number of Topliss-reactive ketones (excluding diaryl/α,β-unsaturated/α-hetero) is 1. The number of carbonyl (C=O) groups excluding carboxylic acids is 1. The summed E-state index contributed by atoms with van der Waals surface area (Å²) in [6.45, 7) is 1.27. The highest BCUT2D eigenvalue weighted by molar-refractivity contribution is 6.36. The first-order chi connectivity index (χ1) is 9.66. The molecule has 6 heteroatoms. The third kappa shape index (κ3) is 4.70. The molecule has 0 amide bonds. The van der Waals surface area contributed by atoms with Crippen molar-refractivity contribution in [3.05, 3.63) is 28.0 Å². The lowest BCUT2D eigenvalue weighted by molar-refractivity contribution is -0.162. The van der Waals surface area contributed by atoms with E-state index in [2.05, 4.69) is 4.98 Å². The van der Waals surface area contributed by atoms with Gasteiger partial charge in [0.25, 0.3) is 0 Å². The van der Waals surface area contributed by atoms with E-state index in [1.807, 2.05) is 0 Å². The Bertz CT molecular complexity index is 462. The number of nitrogens with zero attached hydrogens (tertiary/aromatic N) is 1. The summed E-state index contributed by atoms with van der Waals surface area (Å²) in [5.74, 6) is -0.0488. The largest absolute Gasteiger partial charge is 0.353 e. The van der Waals surface area contributed by atoms with Gasteiger partial charge in [0.15, 0.2) is 12.1 Å². The Morgan fingerprint density at radius 1 is 1.45 bits per heavy atom. The first-order valence-corrected chi connectivity index (χ1v) is 7.50. The van der Waals surface area contributed by atoms with Crippen LogP contribution in [0.2, 0.25) is 10.2 Å². The summed E-state index contributed by atoms with van der Waals surface area (Å²) in [4.78, 5) is 15.8. The molecule has 1 aromatic rings. The monoisotopic (exact) mass is 317 g/mol. The summed E-state index contributed by atoms with van der Waals surface area (Å²) in [6.07, 6.45) is 5.47. The van der Waals surface area contributed by atoms with Crippen molar-refractivity contribution in [3.63, 3.8) is 0 Å². The molecule has 2 rings (SSSR count). The zero-order valence-electron chi connectivity index (χ0n) is 11.1. The lowest BCUT2D eigenvalue weighted by Gasteiger charge is -2.22. The molecule has 1 fully saturated rings. The number of hydrogen-bond acceptors (Lipinski definition) is 4. The van der Waals surface area contributed by atoms with Crippen LogP contribution in [-0.2, 0) is 9.47 Å². The first kappa shape index (κ1) is 15.7. The third-order valence-electron chi connectivity index (χ3n) is 3.11.